The number of rotatable bonds is 14. The summed E-state index contributed by atoms with van der Waals surface area (Å²) in [6.07, 6.45) is 14.3. The van der Waals surface area contributed by atoms with E-state index in [2.05, 4.69) is 436 Å². The molecule has 0 heterocycles. The predicted octanol–water partition coefficient (Wildman–Crippen LogP) is 33.4. The van der Waals surface area contributed by atoms with Crippen molar-refractivity contribution in [3.8, 4) is 122 Å². The SMILES string of the molecule is CC1(C)c2ccccc2-c2ccc(N(c3ccc(-c4ccccc4)cc3)c3ccc(-c4ccc(-c5cccc6c5-c5ccccc5C65C6CC7CC(C6)CC5C7)cc4)cc3)cc21.c1ccc(-c2ccc(-c3ccc(N(c4ccc(-c5ccccc5)cc4)c4ccc(-c5ccc(-c6cccc7c6-c6ccccc6C76C7CC8CC(C7)CC6C8)cc5)cc4)cc3)cc2)cc1. The Morgan fingerprint density at radius 3 is 0.724 bits per heavy atom. The van der Waals surface area contributed by atoms with Crippen LogP contribution in [-0.4, -0.2) is 0 Å². The second-order valence-corrected chi connectivity index (χ2v) is 39.0. The third kappa shape index (κ3) is 12.4. The van der Waals surface area contributed by atoms with Crippen LogP contribution in [0.1, 0.15) is 111 Å². The van der Waals surface area contributed by atoms with Gasteiger partial charge >= 0.3 is 0 Å². The average Bonchev–Trinajstić information content (AvgIpc) is 1.55. The lowest BCUT2D eigenvalue weighted by molar-refractivity contribution is -0.0399. The van der Waals surface area contributed by atoms with Crippen molar-refractivity contribution < 1.29 is 0 Å². The standard InChI is InChI=1S/C64H51N.C61H51N/c1-3-10-45(11-4-1)47-18-20-48(21-19-47)51-28-34-57(35-29-51)65(56-32-26-50(27-33-56)46-12-5-2-6-13-46)58-36-30-52(31-37-58)49-22-24-53(25-23-49)59-15-9-17-62-63(59)60-14-7-8-16-61(60)64(62)54-39-43-38-44(41-54)42-55(64)40-43;1-60(2)55-16-8-6-13-52(55)53-32-31-50(38-58(53)60)62(48-27-23-43(24-28-48)41-11-4-3-5-12-41)49-29-25-44(26-30-49)42-19-21-45(22-20-42)51-15-10-18-57-59(51)54-14-7-9-17-56(54)61(57)46-34-39-33-40(36-46)37-47(61)35-39/h1-37,43-44,54-55H,38-42H2;3-32,38-40,46-47H,33-37H2,1-2H3. The van der Waals surface area contributed by atoms with Crippen molar-refractivity contribution in [2.45, 2.75) is 94.3 Å². The fourth-order valence-corrected chi connectivity index (χ4v) is 27.1. The molecule has 0 amide bonds. The minimum absolute atomic E-state index is 0.0828. The van der Waals surface area contributed by atoms with Crippen LogP contribution in [0.5, 0.6) is 0 Å². The van der Waals surface area contributed by atoms with Crippen LogP contribution in [0, 0.1) is 47.3 Å². The lowest BCUT2D eigenvalue weighted by Gasteiger charge is -2.61. The summed E-state index contributed by atoms with van der Waals surface area (Å²) in [7, 11) is 0. The average molecular weight is 1630 g/mol. The lowest BCUT2D eigenvalue weighted by Crippen LogP contribution is -2.55. The molecule has 8 fully saturated rings. The van der Waals surface area contributed by atoms with E-state index in [-0.39, 0.29) is 16.2 Å². The fourth-order valence-electron chi connectivity index (χ4n) is 27.1. The van der Waals surface area contributed by atoms with E-state index in [4.69, 9.17) is 0 Å². The molecule has 28 rings (SSSR count). The van der Waals surface area contributed by atoms with Gasteiger partial charge in [0.05, 0.1) is 0 Å². The van der Waals surface area contributed by atoms with Gasteiger partial charge in [-0.15, -0.1) is 0 Å². The van der Waals surface area contributed by atoms with Gasteiger partial charge in [0.25, 0.3) is 0 Å². The van der Waals surface area contributed by atoms with Gasteiger partial charge in [0.2, 0.25) is 0 Å². The molecule has 0 aliphatic heterocycles. The topological polar surface area (TPSA) is 6.48 Å². The summed E-state index contributed by atoms with van der Waals surface area (Å²) in [5.74, 6) is 6.88. The molecule has 8 bridgehead atoms. The van der Waals surface area contributed by atoms with E-state index in [0.29, 0.717) is 0 Å². The van der Waals surface area contributed by atoms with E-state index in [1.54, 1.807) is 22.3 Å². The van der Waals surface area contributed by atoms with Gasteiger partial charge < -0.3 is 9.80 Å². The summed E-state index contributed by atoms with van der Waals surface area (Å²) in [5.41, 5.74) is 45.1. The van der Waals surface area contributed by atoms with Crippen LogP contribution < -0.4 is 9.80 Å². The highest BCUT2D eigenvalue weighted by Gasteiger charge is 2.63. The van der Waals surface area contributed by atoms with Crippen molar-refractivity contribution in [2.24, 2.45) is 47.3 Å². The molecule has 0 aromatic heterocycles. The summed E-state index contributed by atoms with van der Waals surface area (Å²) < 4.78 is 0. The maximum absolute atomic E-state index is 2.51. The van der Waals surface area contributed by atoms with Crippen LogP contribution in [0.25, 0.3) is 122 Å². The molecule has 2 spiro atoms. The van der Waals surface area contributed by atoms with Crippen molar-refractivity contribution in [2.75, 3.05) is 9.80 Å². The van der Waals surface area contributed by atoms with Crippen LogP contribution in [0.15, 0.2) is 413 Å². The van der Waals surface area contributed by atoms with Crippen molar-refractivity contribution in [3.05, 3.63) is 446 Å². The molecule has 127 heavy (non-hydrogen) atoms. The van der Waals surface area contributed by atoms with Gasteiger partial charge in [-0.05, 0) is 340 Å². The monoisotopic (exact) mass is 1630 g/mol. The van der Waals surface area contributed by atoms with Crippen LogP contribution in [0.2, 0.25) is 0 Å². The zero-order valence-electron chi connectivity index (χ0n) is 72.3. The molecule has 612 valence electrons. The van der Waals surface area contributed by atoms with Gasteiger partial charge in [0.15, 0.2) is 0 Å². The van der Waals surface area contributed by atoms with Crippen molar-refractivity contribution in [1.82, 2.24) is 0 Å². The Morgan fingerprint density at radius 2 is 0.402 bits per heavy atom. The van der Waals surface area contributed by atoms with Gasteiger partial charge in [-0.3, -0.25) is 0 Å². The first-order valence-electron chi connectivity index (χ1n) is 46.9. The molecular weight excluding hydrogens is 1530 g/mol. The van der Waals surface area contributed by atoms with E-state index >= 15 is 0 Å². The first kappa shape index (κ1) is 75.8. The van der Waals surface area contributed by atoms with Gasteiger partial charge in [-0.2, -0.15) is 0 Å². The molecule has 0 atom stereocenters. The predicted molar refractivity (Wildman–Crippen MR) is 530 cm³/mol. The molecule has 11 aliphatic rings. The summed E-state index contributed by atoms with van der Waals surface area (Å²) in [4.78, 5) is 4.79. The molecule has 11 aliphatic carbocycles. The zero-order valence-corrected chi connectivity index (χ0v) is 72.3. The number of fused-ring (bicyclic) bond motifs is 9. The second kappa shape index (κ2) is 30.3. The summed E-state index contributed by atoms with van der Waals surface area (Å²) in [6, 6.07) is 154. The van der Waals surface area contributed by atoms with Crippen molar-refractivity contribution in [3.63, 3.8) is 0 Å². The molecular formula is C125H102N2. The first-order chi connectivity index (χ1) is 62.6. The van der Waals surface area contributed by atoms with Crippen molar-refractivity contribution in [1.29, 1.82) is 0 Å². The smallest absolute Gasteiger partial charge is 0.0465 e. The van der Waals surface area contributed by atoms with E-state index in [9.17, 15) is 0 Å². The molecule has 2 nitrogen and oxygen atoms in total. The lowest BCUT2D eigenvalue weighted by atomic mass is 9.43. The number of nitrogens with zero attached hydrogens (tertiary/aromatic N) is 2. The van der Waals surface area contributed by atoms with Crippen LogP contribution >= 0.6 is 0 Å². The van der Waals surface area contributed by atoms with E-state index in [0.717, 1.165) is 75.8 Å². The second-order valence-electron chi connectivity index (χ2n) is 39.0. The quantitative estimate of drug-likeness (QED) is 0.107. The van der Waals surface area contributed by atoms with Crippen molar-refractivity contribution >= 4 is 34.1 Å². The summed E-state index contributed by atoms with van der Waals surface area (Å²) in [6.45, 7) is 4.73. The highest BCUT2D eigenvalue weighted by atomic mass is 15.1. The zero-order chi connectivity index (χ0) is 84.1. The number of anilines is 6. The minimum atomic E-state index is -0.0828. The molecule has 8 saturated carbocycles. The molecule has 17 aromatic rings. The Morgan fingerprint density at radius 1 is 0.173 bits per heavy atom. The van der Waals surface area contributed by atoms with E-state index in [1.807, 2.05) is 0 Å². The molecule has 2 heteroatoms. The maximum Gasteiger partial charge on any atom is 0.0465 e. The highest BCUT2D eigenvalue weighted by Crippen LogP contribution is 2.72. The maximum atomic E-state index is 2.51. The summed E-state index contributed by atoms with van der Waals surface area (Å²) >= 11 is 0. The first-order valence-corrected chi connectivity index (χ1v) is 46.9. The Kier molecular flexibility index (Phi) is 18.1. The number of hydrogen-bond acceptors (Lipinski definition) is 2. The van der Waals surface area contributed by atoms with Crippen LogP contribution in [0.3, 0.4) is 0 Å². The molecule has 17 aromatic carbocycles. The minimum Gasteiger partial charge on any atom is -0.311 e. The molecule has 0 unspecified atom stereocenters. The van der Waals surface area contributed by atoms with Crippen LogP contribution in [-0.2, 0) is 16.2 Å². The van der Waals surface area contributed by atoms with E-state index in [1.165, 1.54) is 203 Å². The molecule has 0 saturated heterocycles. The fraction of sp³-hybridized carbons (Fsp3) is 0.184. The van der Waals surface area contributed by atoms with E-state index < -0.39 is 0 Å². The number of hydrogen-bond donors (Lipinski definition) is 0. The normalized spacial score (nSPS) is 21.9. The third-order valence-electron chi connectivity index (χ3n) is 32.2. The Bertz CT molecular complexity index is 6970. The van der Waals surface area contributed by atoms with Crippen LogP contribution in [0.4, 0.5) is 34.1 Å². The number of benzene rings is 17. The van der Waals surface area contributed by atoms with Gasteiger partial charge in [-0.1, -0.05) is 354 Å². The third-order valence-corrected chi connectivity index (χ3v) is 32.2. The Labute approximate surface area is 748 Å². The largest absolute Gasteiger partial charge is 0.311 e. The molecule has 0 N–H and O–H groups in total. The van der Waals surface area contributed by atoms with Gasteiger partial charge in [-0.25, -0.2) is 0 Å². The molecule has 0 radical (unpaired) electrons. The Hall–Kier alpha value is -13.7. The van der Waals surface area contributed by atoms with Gasteiger partial charge in [0, 0.05) is 50.4 Å². The Balaban J connectivity index is 0.000000138. The summed E-state index contributed by atoms with van der Waals surface area (Å²) in [5, 5.41) is 0. The van der Waals surface area contributed by atoms with Gasteiger partial charge in [0.1, 0.15) is 0 Å². The highest BCUT2D eigenvalue weighted by molar-refractivity contribution is 5.96.